The van der Waals surface area contributed by atoms with Crippen LogP contribution in [0.1, 0.15) is 34.6 Å². The molecule has 128 valence electrons. The van der Waals surface area contributed by atoms with Crippen molar-refractivity contribution in [1.82, 2.24) is 0 Å². The van der Waals surface area contributed by atoms with Crippen LogP contribution in [0, 0.1) is 0 Å². The van der Waals surface area contributed by atoms with Gasteiger partial charge in [-0.05, 0) is 38.1 Å². The van der Waals surface area contributed by atoms with E-state index in [4.69, 9.17) is 9.47 Å². The molecule has 1 heterocycles. The Morgan fingerprint density at radius 3 is 2.36 bits per heavy atom. The molecule has 0 atom stereocenters. The zero-order valence-corrected chi connectivity index (χ0v) is 14.6. The Kier molecular flexibility index (Phi) is 4.81. The molecule has 0 fully saturated rings. The highest BCUT2D eigenvalue weighted by Crippen LogP contribution is 2.28. The second-order valence-corrected chi connectivity index (χ2v) is 6.35. The number of benzene rings is 2. The maximum atomic E-state index is 12.9. The molecule has 0 bridgehead atoms. The van der Waals surface area contributed by atoms with E-state index < -0.39 is 11.9 Å². The fourth-order valence-corrected chi connectivity index (χ4v) is 3.77. The van der Waals surface area contributed by atoms with Crippen LogP contribution < -0.4 is 5.43 Å². The lowest BCUT2D eigenvalue weighted by Crippen LogP contribution is -2.14. The molecule has 1 aromatic heterocycles. The highest BCUT2D eigenvalue weighted by atomic mass is 32.1. The molecule has 3 rings (SSSR count). The van der Waals surface area contributed by atoms with E-state index in [0.717, 1.165) is 4.70 Å². The molecule has 25 heavy (non-hydrogen) atoms. The molecule has 0 spiro atoms. The summed E-state index contributed by atoms with van der Waals surface area (Å²) in [4.78, 5) is 37.4. The van der Waals surface area contributed by atoms with Crippen LogP contribution in [0.2, 0.25) is 0 Å². The molecular formula is C19H16O5S. The summed E-state index contributed by atoms with van der Waals surface area (Å²) >= 11 is 1.35. The monoisotopic (exact) mass is 356 g/mol. The summed E-state index contributed by atoms with van der Waals surface area (Å²) < 4.78 is 11.4. The highest BCUT2D eigenvalue weighted by molar-refractivity contribution is 7.24. The molecule has 0 radical (unpaired) electrons. The molecular weight excluding hydrogens is 340 g/mol. The summed E-state index contributed by atoms with van der Waals surface area (Å²) in [6, 6.07) is 10.1. The lowest BCUT2D eigenvalue weighted by Gasteiger charge is -2.10. The van der Waals surface area contributed by atoms with Crippen LogP contribution in [0.3, 0.4) is 0 Å². The molecule has 0 saturated carbocycles. The Morgan fingerprint density at radius 2 is 1.64 bits per heavy atom. The van der Waals surface area contributed by atoms with Gasteiger partial charge in [0, 0.05) is 14.8 Å². The van der Waals surface area contributed by atoms with E-state index in [9.17, 15) is 14.4 Å². The summed E-state index contributed by atoms with van der Waals surface area (Å²) in [6.07, 6.45) is 0. The Labute approximate surface area is 147 Å². The number of hydrogen-bond acceptors (Lipinski definition) is 6. The SMILES string of the molecule is CCOC(=O)c1cc(C(=O)OCC)c2c(=O)c3ccccc3sc2c1. The summed E-state index contributed by atoms with van der Waals surface area (Å²) in [5.74, 6) is -1.17. The van der Waals surface area contributed by atoms with Crippen molar-refractivity contribution in [2.75, 3.05) is 13.2 Å². The second-order valence-electron chi connectivity index (χ2n) is 5.27. The molecule has 0 N–H and O–H groups in total. The summed E-state index contributed by atoms with van der Waals surface area (Å²) in [5.41, 5.74) is 0.0700. The minimum Gasteiger partial charge on any atom is -0.462 e. The van der Waals surface area contributed by atoms with E-state index in [1.807, 2.05) is 12.1 Å². The van der Waals surface area contributed by atoms with Crippen LogP contribution in [0.5, 0.6) is 0 Å². The number of esters is 2. The molecule has 3 aromatic rings. The zero-order chi connectivity index (χ0) is 18.0. The van der Waals surface area contributed by atoms with Crippen molar-refractivity contribution in [1.29, 1.82) is 0 Å². The van der Waals surface area contributed by atoms with Gasteiger partial charge in [-0.3, -0.25) is 4.79 Å². The van der Waals surface area contributed by atoms with Gasteiger partial charge >= 0.3 is 11.9 Å². The van der Waals surface area contributed by atoms with Crippen LogP contribution in [-0.4, -0.2) is 25.2 Å². The number of ether oxygens (including phenoxy) is 2. The van der Waals surface area contributed by atoms with Gasteiger partial charge in [0.15, 0.2) is 5.43 Å². The first-order chi connectivity index (χ1) is 12.1. The van der Waals surface area contributed by atoms with Gasteiger partial charge in [0.2, 0.25) is 0 Å². The maximum absolute atomic E-state index is 12.9. The van der Waals surface area contributed by atoms with Gasteiger partial charge in [-0.15, -0.1) is 11.3 Å². The molecule has 5 nitrogen and oxygen atoms in total. The number of hydrogen-bond donors (Lipinski definition) is 0. The number of carbonyl (C=O) groups is 2. The fraction of sp³-hybridized carbons (Fsp3) is 0.211. The first kappa shape index (κ1) is 17.1. The van der Waals surface area contributed by atoms with Crippen LogP contribution in [0.15, 0.2) is 41.2 Å². The normalized spacial score (nSPS) is 10.8. The molecule has 0 amide bonds. The van der Waals surface area contributed by atoms with E-state index in [-0.39, 0.29) is 35.2 Å². The van der Waals surface area contributed by atoms with Crippen molar-refractivity contribution in [2.24, 2.45) is 0 Å². The Bertz CT molecular complexity index is 1040. The van der Waals surface area contributed by atoms with Gasteiger partial charge in [-0.2, -0.15) is 0 Å². The number of rotatable bonds is 4. The average Bonchev–Trinajstić information content (AvgIpc) is 2.61. The largest absolute Gasteiger partial charge is 0.462 e. The van der Waals surface area contributed by atoms with E-state index in [1.54, 1.807) is 32.0 Å². The predicted octanol–water partition coefficient (Wildman–Crippen LogP) is 3.77. The van der Waals surface area contributed by atoms with Crippen molar-refractivity contribution < 1.29 is 19.1 Å². The number of carbonyl (C=O) groups excluding carboxylic acids is 2. The zero-order valence-electron chi connectivity index (χ0n) is 13.8. The first-order valence-electron chi connectivity index (χ1n) is 7.90. The van der Waals surface area contributed by atoms with E-state index in [2.05, 4.69) is 0 Å². The van der Waals surface area contributed by atoms with Crippen molar-refractivity contribution in [3.05, 3.63) is 57.7 Å². The minimum atomic E-state index is -0.627. The predicted molar refractivity (Wildman–Crippen MR) is 97.5 cm³/mol. The smallest absolute Gasteiger partial charge is 0.338 e. The summed E-state index contributed by atoms with van der Waals surface area (Å²) in [7, 11) is 0. The van der Waals surface area contributed by atoms with Crippen molar-refractivity contribution in [2.45, 2.75) is 13.8 Å². The minimum absolute atomic E-state index is 0.0920. The fourth-order valence-electron chi connectivity index (χ4n) is 2.63. The molecule has 0 aliphatic rings. The third-order valence-corrected chi connectivity index (χ3v) is 4.81. The molecule has 0 unspecified atom stereocenters. The molecule has 2 aromatic carbocycles. The van der Waals surface area contributed by atoms with Gasteiger partial charge in [0.1, 0.15) is 0 Å². The Balaban J connectivity index is 2.38. The van der Waals surface area contributed by atoms with Gasteiger partial charge in [0.05, 0.1) is 29.7 Å². The van der Waals surface area contributed by atoms with Crippen LogP contribution in [0.25, 0.3) is 20.2 Å². The summed E-state index contributed by atoms with van der Waals surface area (Å²) in [6.45, 7) is 3.79. The molecule has 0 aliphatic carbocycles. The van der Waals surface area contributed by atoms with Gasteiger partial charge in [-0.1, -0.05) is 12.1 Å². The van der Waals surface area contributed by atoms with E-state index >= 15 is 0 Å². The van der Waals surface area contributed by atoms with Crippen LogP contribution in [0.4, 0.5) is 0 Å². The number of fused-ring (bicyclic) bond motifs is 2. The van der Waals surface area contributed by atoms with Gasteiger partial charge in [0.25, 0.3) is 0 Å². The first-order valence-corrected chi connectivity index (χ1v) is 8.72. The topological polar surface area (TPSA) is 69.7 Å². The average molecular weight is 356 g/mol. The lowest BCUT2D eigenvalue weighted by molar-refractivity contribution is 0.0526. The van der Waals surface area contributed by atoms with Crippen LogP contribution in [-0.2, 0) is 9.47 Å². The lowest BCUT2D eigenvalue weighted by atomic mass is 10.0. The van der Waals surface area contributed by atoms with Crippen molar-refractivity contribution >= 4 is 43.4 Å². The molecule has 6 heteroatoms. The highest BCUT2D eigenvalue weighted by Gasteiger charge is 2.20. The third-order valence-electron chi connectivity index (χ3n) is 3.69. The third kappa shape index (κ3) is 3.13. The standard InChI is InChI=1S/C19H16O5S/c1-3-23-18(21)11-9-13(19(22)24-4-2)16-15(10-11)25-14-8-6-5-7-12(14)17(16)20/h5-10H,3-4H2,1-2H3. The Morgan fingerprint density at radius 1 is 0.960 bits per heavy atom. The maximum Gasteiger partial charge on any atom is 0.338 e. The van der Waals surface area contributed by atoms with Crippen molar-refractivity contribution in [3.8, 4) is 0 Å². The summed E-state index contributed by atoms with van der Waals surface area (Å²) in [5, 5.41) is 0.810. The van der Waals surface area contributed by atoms with Gasteiger partial charge < -0.3 is 9.47 Å². The Hall–Kier alpha value is -2.73. The molecule has 0 aliphatic heterocycles. The second kappa shape index (κ2) is 7.03. The van der Waals surface area contributed by atoms with E-state index in [1.165, 1.54) is 17.4 Å². The van der Waals surface area contributed by atoms with Crippen molar-refractivity contribution in [3.63, 3.8) is 0 Å². The molecule has 0 saturated heterocycles. The quantitative estimate of drug-likeness (QED) is 0.526. The van der Waals surface area contributed by atoms with E-state index in [0.29, 0.717) is 10.1 Å². The van der Waals surface area contributed by atoms with Crippen LogP contribution >= 0.6 is 11.3 Å². The van der Waals surface area contributed by atoms with Gasteiger partial charge in [-0.25, -0.2) is 9.59 Å².